The summed E-state index contributed by atoms with van der Waals surface area (Å²) >= 11 is 1.45. The van der Waals surface area contributed by atoms with Gasteiger partial charge < -0.3 is 9.64 Å². The summed E-state index contributed by atoms with van der Waals surface area (Å²) in [6.45, 7) is 4.04. The van der Waals surface area contributed by atoms with Gasteiger partial charge in [0.15, 0.2) is 11.7 Å². The molecule has 1 aromatic heterocycles. The van der Waals surface area contributed by atoms with E-state index in [0.717, 1.165) is 41.1 Å². The molecule has 2 aliphatic rings. The molecule has 6 nitrogen and oxygen atoms in total. The molecule has 5 rings (SSSR count). The molecule has 0 radical (unpaired) electrons. The Labute approximate surface area is 191 Å². The Kier molecular flexibility index (Phi) is 5.43. The van der Waals surface area contributed by atoms with Crippen LogP contribution in [0.5, 0.6) is 5.75 Å². The van der Waals surface area contributed by atoms with Crippen LogP contribution in [0.1, 0.15) is 30.2 Å². The molecule has 0 spiro atoms. The van der Waals surface area contributed by atoms with Crippen LogP contribution in [0.4, 0.5) is 10.8 Å². The molecule has 0 saturated heterocycles. The minimum absolute atomic E-state index is 0.0699. The number of amides is 2. The summed E-state index contributed by atoms with van der Waals surface area (Å²) in [6.07, 6.45) is 2.88. The highest BCUT2D eigenvalue weighted by Crippen LogP contribution is 2.41. The fourth-order valence-electron chi connectivity index (χ4n) is 4.18. The number of aryl methyl sites for hydroxylation is 1. The minimum atomic E-state index is -0.244. The van der Waals surface area contributed by atoms with E-state index >= 15 is 0 Å². The number of benzene rings is 2. The van der Waals surface area contributed by atoms with Crippen molar-refractivity contribution in [3.8, 4) is 17.0 Å². The fraction of sp³-hybridized carbons (Fsp3) is 0.320. The first-order valence-corrected chi connectivity index (χ1v) is 11.7. The second-order valence-electron chi connectivity index (χ2n) is 8.45. The van der Waals surface area contributed by atoms with Crippen molar-refractivity contribution in [2.24, 2.45) is 5.92 Å². The number of nitrogens with zero attached hydrogens (tertiary/aromatic N) is 2. The van der Waals surface area contributed by atoms with Crippen molar-refractivity contribution >= 4 is 34.0 Å². The van der Waals surface area contributed by atoms with Crippen LogP contribution in [0.25, 0.3) is 11.3 Å². The Bertz CT molecular complexity index is 1170. The molecule has 1 saturated carbocycles. The second-order valence-corrected chi connectivity index (χ2v) is 9.66. The quantitative estimate of drug-likeness (QED) is 0.588. The van der Waals surface area contributed by atoms with Gasteiger partial charge in [-0.2, -0.15) is 0 Å². The Hall–Kier alpha value is -3.19. The third-order valence-corrected chi connectivity index (χ3v) is 6.77. The maximum atomic E-state index is 12.7. The van der Waals surface area contributed by atoms with Gasteiger partial charge in [-0.3, -0.25) is 14.9 Å². The molecular formula is C25H25N3O3S. The lowest BCUT2D eigenvalue weighted by atomic mass is 10.0. The van der Waals surface area contributed by atoms with Gasteiger partial charge in [0.25, 0.3) is 5.91 Å². The molecule has 2 aromatic carbocycles. The maximum Gasteiger partial charge on any atom is 0.264 e. The fourth-order valence-corrected chi connectivity index (χ4v) is 5.03. The van der Waals surface area contributed by atoms with Crippen molar-refractivity contribution in [2.45, 2.75) is 39.2 Å². The predicted octanol–water partition coefficient (Wildman–Crippen LogP) is 4.82. The first-order chi connectivity index (χ1) is 15.5. The average molecular weight is 448 g/mol. The van der Waals surface area contributed by atoms with Crippen molar-refractivity contribution in [1.29, 1.82) is 0 Å². The van der Waals surface area contributed by atoms with Gasteiger partial charge in [-0.15, -0.1) is 11.3 Å². The van der Waals surface area contributed by atoms with Crippen LogP contribution >= 0.6 is 11.3 Å². The molecule has 7 heteroatoms. The summed E-state index contributed by atoms with van der Waals surface area (Å²) in [7, 11) is 0. The summed E-state index contributed by atoms with van der Waals surface area (Å²) in [5, 5.41) is 3.39. The number of hydrogen-bond donors (Lipinski definition) is 1. The first-order valence-electron chi connectivity index (χ1n) is 10.9. The second kappa shape index (κ2) is 8.39. The van der Waals surface area contributed by atoms with Crippen LogP contribution in [0, 0.1) is 12.8 Å². The zero-order chi connectivity index (χ0) is 22.2. The van der Waals surface area contributed by atoms with E-state index in [9.17, 15) is 9.59 Å². The van der Waals surface area contributed by atoms with Crippen LogP contribution in [-0.4, -0.2) is 29.4 Å². The Balaban J connectivity index is 1.29. The lowest BCUT2D eigenvalue weighted by molar-refractivity contribution is -0.120. The summed E-state index contributed by atoms with van der Waals surface area (Å²) in [6, 6.07) is 15.6. The number of ether oxygens (including phenoxy) is 1. The molecule has 3 aromatic rings. The Morgan fingerprint density at radius 1 is 1.19 bits per heavy atom. The largest absolute Gasteiger partial charge is 0.484 e. The van der Waals surface area contributed by atoms with E-state index in [1.54, 1.807) is 0 Å². The lowest BCUT2D eigenvalue weighted by Crippen LogP contribution is -2.36. The Morgan fingerprint density at radius 2 is 1.97 bits per heavy atom. The highest BCUT2D eigenvalue weighted by molar-refractivity contribution is 7.16. The summed E-state index contributed by atoms with van der Waals surface area (Å²) < 4.78 is 5.51. The molecule has 1 aliphatic carbocycles. The summed E-state index contributed by atoms with van der Waals surface area (Å²) in [5.74, 6) is 0.879. The van der Waals surface area contributed by atoms with Gasteiger partial charge in [-0.05, 0) is 62.9 Å². The maximum absolute atomic E-state index is 12.7. The molecule has 2 heterocycles. The topological polar surface area (TPSA) is 71.5 Å². The van der Waals surface area contributed by atoms with Crippen LogP contribution < -0.4 is 15.0 Å². The number of para-hydroxylation sites is 1. The van der Waals surface area contributed by atoms with Crippen molar-refractivity contribution in [2.75, 3.05) is 16.8 Å². The highest BCUT2D eigenvalue weighted by atomic mass is 32.1. The van der Waals surface area contributed by atoms with Gasteiger partial charge in [0, 0.05) is 28.1 Å². The number of hydrogen-bond acceptors (Lipinski definition) is 5. The number of rotatable bonds is 6. The molecule has 0 unspecified atom stereocenters. The van der Waals surface area contributed by atoms with E-state index in [1.807, 2.05) is 54.3 Å². The number of carbonyl (C=O) groups excluding carboxylic acids is 2. The summed E-state index contributed by atoms with van der Waals surface area (Å²) in [4.78, 5) is 32.7. The average Bonchev–Trinajstić information content (AvgIpc) is 3.50. The van der Waals surface area contributed by atoms with Crippen molar-refractivity contribution in [3.63, 3.8) is 0 Å². The van der Waals surface area contributed by atoms with Crippen molar-refractivity contribution in [3.05, 3.63) is 59.0 Å². The monoisotopic (exact) mass is 447 g/mol. The van der Waals surface area contributed by atoms with E-state index < -0.39 is 0 Å². The molecular weight excluding hydrogens is 422 g/mol. The first kappa shape index (κ1) is 20.7. The number of carbonyl (C=O) groups is 2. The number of thiazole rings is 1. The number of anilines is 2. The van der Waals surface area contributed by atoms with Crippen molar-refractivity contribution < 1.29 is 14.3 Å². The third kappa shape index (κ3) is 4.12. The normalized spacial score (nSPS) is 17.2. The third-order valence-electron chi connectivity index (χ3n) is 5.89. The zero-order valence-electron chi connectivity index (χ0n) is 18.1. The molecule has 32 heavy (non-hydrogen) atoms. The number of aromatic nitrogens is 1. The standard InChI is InChI=1S/C25H25N3O3S/c1-15-12-19-13-18(10-11-21(19)28(15)24(30)17-8-9-17)23-16(2)32-25(27-23)26-22(29)14-31-20-6-4-3-5-7-20/h3-7,10-11,13,15,17H,8-9,12,14H2,1-2H3,(H,26,27,29)/t15-/m0/s1. The van der Waals surface area contributed by atoms with E-state index in [2.05, 4.69) is 23.3 Å². The van der Waals surface area contributed by atoms with Crippen LogP contribution in [0.15, 0.2) is 48.5 Å². The van der Waals surface area contributed by atoms with Crippen LogP contribution in [0.2, 0.25) is 0 Å². The highest BCUT2D eigenvalue weighted by Gasteiger charge is 2.39. The SMILES string of the molecule is Cc1sc(NC(=O)COc2ccccc2)nc1-c1ccc2c(c1)C[C@H](C)N2C(=O)C1CC1. The van der Waals surface area contributed by atoms with E-state index in [0.29, 0.717) is 10.9 Å². The van der Waals surface area contributed by atoms with Gasteiger partial charge >= 0.3 is 0 Å². The number of fused-ring (bicyclic) bond motifs is 1. The van der Waals surface area contributed by atoms with Crippen LogP contribution in [0.3, 0.4) is 0 Å². The smallest absolute Gasteiger partial charge is 0.264 e. The predicted molar refractivity (Wildman–Crippen MR) is 126 cm³/mol. The van der Waals surface area contributed by atoms with Crippen LogP contribution in [-0.2, 0) is 16.0 Å². The van der Waals surface area contributed by atoms with Gasteiger partial charge in [0.05, 0.1) is 5.69 Å². The summed E-state index contributed by atoms with van der Waals surface area (Å²) in [5.41, 5.74) is 4.07. The van der Waals surface area contributed by atoms with Gasteiger partial charge in [-0.1, -0.05) is 24.3 Å². The minimum Gasteiger partial charge on any atom is -0.484 e. The molecule has 1 N–H and O–H groups in total. The molecule has 164 valence electrons. The molecule has 0 bridgehead atoms. The number of nitrogens with one attached hydrogen (secondary N) is 1. The van der Waals surface area contributed by atoms with Gasteiger partial charge in [0.1, 0.15) is 5.75 Å². The van der Waals surface area contributed by atoms with Gasteiger partial charge in [0.2, 0.25) is 5.91 Å². The Morgan fingerprint density at radius 3 is 2.72 bits per heavy atom. The van der Waals surface area contributed by atoms with E-state index in [-0.39, 0.29) is 30.4 Å². The molecule has 1 atom stereocenters. The van der Waals surface area contributed by atoms with E-state index in [1.165, 1.54) is 16.9 Å². The van der Waals surface area contributed by atoms with Gasteiger partial charge in [-0.25, -0.2) is 4.98 Å². The zero-order valence-corrected chi connectivity index (χ0v) is 18.9. The van der Waals surface area contributed by atoms with E-state index in [4.69, 9.17) is 4.74 Å². The van der Waals surface area contributed by atoms with Crippen molar-refractivity contribution in [1.82, 2.24) is 4.98 Å². The molecule has 1 fully saturated rings. The molecule has 1 aliphatic heterocycles. The lowest BCUT2D eigenvalue weighted by Gasteiger charge is -2.22. The molecule has 2 amide bonds.